The lowest BCUT2D eigenvalue weighted by molar-refractivity contribution is 0.0689. The standard InChI is InChI=1S/C21H37N3O2.HI/c1-6-18-9-11-19(12-10-18)21(2,3)17-24-20(22-4)23-13-7-8-14-26-16-15-25-5;/h9-12H,6-8,13-17H2,1-5H3,(H2,22,23,24);1H. The van der Waals surface area contributed by atoms with Gasteiger partial charge in [0.1, 0.15) is 0 Å². The average Bonchev–Trinajstić information content (AvgIpc) is 2.66. The number of ether oxygens (including phenoxy) is 2. The number of nitrogens with one attached hydrogen (secondary N) is 2. The van der Waals surface area contributed by atoms with E-state index in [-0.39, 0.29) is 29.4 Å². The van der Waals surface area contributed by atoms with Crippen molar-refractivity contribution in [1.82, 2.24) is 10.6 Å². The number of guanidine groups is 1. The van der Waals surface area contributed by atoms with Gasteiger partial charge in [0.05, 0.1) is 13.2 Å². The molecule has 0 fully saturated rings. The maximum absolute atomic E-state index is 5.47. The molecule has 0 aliphatic rings. The van der Waals surface area contributed by atoms with Crippen molar-refractivity contribution in [2.45, 2.75) is 45.4 Å². The molecule has 0 amide bonds. The molecule has 0 heterocycles. The van der Waals surface area contributed by atoms with Gasteiger partial charge in [-0.1, -0.05) is 45.0 Å². The van der Waals surface area contributed by atoms with Crippen LogP contribution in [0.1, 0.15) is 44.7 Å². The summed E-state index contributed by atoms with van der Waals surface area (Å²) in [7, 11) is 3.50. The third-order valence-corrected chi connectivity index (χ3v) is 4.50. The summed E-state index contributed by atoms with van der Waals surface area (Å²) in [6.07, 6.45) is 3.16. The Morgan fingerprint density at radius 2 is 1.74 bits per heavy atom. The lowest BCUT2D eigenvalue weighted by Crippen LogP contribution is -2.43. The van der Waals surface area contributed by atoms with E-state index in [1.165, 1.54) is 11.1 Å². The summed E-state index contributed by atoms with van der Waals surface area (Å²) in [6, 6.07) is 8.91. The molecular weight excluding hydrogens is 453 g/mol. The summed E-state index contributed by atoms with van der Waals surface area (Å²) in [5.41, 5.74) is 2.76. The summed E-state index contributed by atoms with van der Waals surface area (Å²) in [5, 5.41) is 6.82. The molecule has 0 bridgehead atoms. The predicted molar refractivity (Wildman–Crippen MR) is 126 cm³/mol. The van der Waals surface area contributed by atoms with Gasteiger partial charge in [0.2, 0.25) is 0 Å². The Balaban J connectivity index is 0.00000676. The molecule has 1 rings (SSSR count). The number of methoxy groups -OCH3 is 1. The fraction of sp³-hybridized carbons (Fsp3) is 0.667. The largest absolute Gasteiger partial charge is 0.382 e. The molecule has 1 aromatic carbocycles. The molecule has 156 valence electrons. The van der Waals surface area contributed by atoms with Gasteiger partial charge in [0.15, 0.2) is 5.96 Å². The lowest BCUT2D eigenvalue weighted by Gasteiger charge is -2.27. The van der Waals surface area contributed by atoms with E-state index in [0.29, 0.717) is 13.2 Å². The van der Waals surface area contributed by atoms with E-state index in [4.69, 9.17) is 9.47 Å². The molecule has 0 aliphatic carbocycles. The quantitative estimate of drug-likeness (QED) is 0.203. The van der Waals surface area contributed by atoms with Crippen LogP contribution >= 0.6 is 24.0 Å². The average molecular weight is 491 g/mol. The normalized spacial score (nSPS) is 11.8. The Labute approximate surface area is 182 Å². The molecule has 1 aromatic rings. The van der Waals surface area contributed by atoms with E-state index in [2.05, 4.69) is 60.7 Å². The third kappa shape index (κ3) is 10.9. The zero-order valence-corrected chi connectivity index (χ0v) is 20.0. The van der Waals surface area contributed by atoms with E-state index >= 15 is 0 Å². The minimum absolute atomic E-state index is 0. The smallest absolute Gasteiger partial charge is 0.191 e. The zero-order valence-electron chi connectivity index (χ0n) is 17.6. The van der Waals surface area contributed by atoms with Gasteiger partial charge in [0, 0.05) is 39.3 Å². The minimum atomic E-state index is 0. The Morgan fingerprint density at radius 1 is 1.04 bits per heavy atom. The van der Waals surface area contributed by atoms with Gasteiger partial charge in [-0.25, -0.2) is 0 Å². The molecule has 27 heavy (non-hydrogen) atoms. The van der Waals surface area contributed by atoms with Gasteiger partial charge in [-0.05, 0) is 30.4 Å². The first-order valence-corrected chi connectivity index (χ1v) is 9.64. The van der Waals surface area contributed by atoms with Crippen LogP contribution in [0.4, 0.5) is 0 Å². The fourth-order valence-corrected chi connectivity index (χ4v) is 2.60. The van der Waals surface area contributed by atoms with Crippen LogP contribution in [0.15, 0.2) is 29.3 Å². The monoisotopic (exact) mass is 491 g/mol. The Hall–Kier alpha value is -0.860. The minimum Gasteiger partial charge on any atom is -0.382 e. The second-order valence-corrected chi connectivity index (χ2v) is 7.10. The Kier molecular flexibility index (Phi) is 14.6. The van der Waals surface area contributed by atoms with Gasteiger partial charge in [0.25, 0.3) is 0 Å². The maximum atomic E-state index is 5.47. The van der Waals surface area contributed by atoms with Crippen molar-refractivity contribution in [2.75, 3.05) is 47.1 Å². The Bertz CT molecular complexity index is 519. The lowest BCUT2D eigenvalue weighted by atomic mass is 9.84. The number of hydrogen-bond acceptors (Lipinski definition) is 3. The van der Waals surface area contributed by atoms with E-state index in [1.54, 1.807) is 7.11 Å². The molecule has 5 nitrogen and oxygen atoms in total. The van der Waals surface area contributed by atoms with Gasteiger partial charge in [-0.15, -0.1) is 24.0 Å². The van der Waals surface area contributed by atoms with Crippen molar-refractivity contribution in [3.05, 3.63) is 35.4 Å². The van der Waals surface area contributed by atoms with Crippen molar-refractivity contribution < 1.29 is 9.47 Å². The first-order valence-electron chi connectivity index (χ1n) is 9.64. The van der Waals surface area contributed by atoms with E-state index < -0.39 is 0 Å². The highest BCUT2D eigenvalue weighted by Crippen LogP contribution is 2.22. The van der Waals surface area contributed by atoms with E-state index in [0.717, 1.165) is 44.9 Å². The number of unbranched alkanes of at least 4 members (excludes halogenated alkanes) is 1. The summed E-state index contributed by atoms with van der Waals surface area (Å²) in [5.74, 6) is 0.851. The van der Waals surface area contributed by atoms with Crippen molar-refractivity contribution in [2.24, 2.45) is 4.99 Å². The number of aliphatic imine (C=N–C) groups is 1. The highest BCUT2D eigenvalue weighted by atomic mass is 127. The highest BCUT2D eigenvalue weighted by molar-refractivity contribution is 14.0. The van der Waals surface area contributed by atoms with Crippen molar-refractivity contribution in [1.29, 1.82) is 0 Å². The van der Waals surface area contributed by atoms with Crippen molar-refractivity contribution in [3.63, 3.8) is 0 Å². The number of benzene rings is 1. The van der Waals surface area contributed by atoms with Crippen LogP contribution in [-0.2, 0) is 21.3 Å². The third-order valence-electron chi connectivity index (χ3n) is 4.50. The number of halogens is 1. The first kappa shape index (κ1) is 26.1. The van der Waals surface area contributed by atoms with Gasteiger partial charge in [-0.3, -0.25) is 4.99 Å². The van der Waals surface area contributed by atoms with E-state index in [9.17, 15) is 0 Å². The first-order chi connectivity index (χ1) is 12.5. The van der Waals surface area contributed by atoms with Crippen LogP contribution in [0.3, 0.4) is 0 Å². The molecule has 0 saturated heterocycles. The number of nitrogens with zero attached hydrogens (tertiary/aromatic N) is 1. The van der Waals surface area contributed by atoms with Crippen LogP contribution < -0.4 is 10.6 Å². The van der Waals surface area contributed by atoms with Crippen molar-refractivity contribution in [3.8, 4) is 0 Å². The molecule has 0 radical (unpaired) electrons. The Morgan fingerprint density at radius 3 is 2.33 bits per heavy atom. The van der Waals surface area contributed by atoms with Gasteiger partial charge < -0.3 is 20.1 Å². The summed E-state index contributed by atoms with van der Waals surface area (Å²) in [6.45, 7) is 10.5. The maximum Gasteiger partial charge on any atom is 0.191 e. The van der Waals surface area contributed by atoms with E-state index in [1.807, 2.05) is 7.05 Å². The van der Waals surface area contributed by atoms with Crippen LogP contribution in [0.25, 0.3) is 0 Å². The molecule has 2 N–H and O–H groups in total. The molecule has 0 aromatic heterocycles. The predicted octanol–water partition coefficient (Wildman–Crippen LogP) is 3.75. The summed E-state index contributed by atoms with van der Waals surface area (Å²) in [4.78, 5) is 4.32. The van der Waals surface area contributed by atoms with Crippen LogP contribution in [0.2, 0.25) is 0 Å². The number of rotatable bonds is 12. The molecule has 0 spiro atoms. The second-order valence-electron chi connectivity index (χ2n) is 7.10. The van der Waals surface area contributed by atoms with Crippen LogP contribution in [-0.4, -0.2) is 53.0 Å². The van der Waals surface area contributed by atoms with Gasteiger partial charge >= 0.3 is 0 Å². The zero-order chi connectivity index (χ0) is 19.3. The summed E-state index contributed by atoms with van der Waals surface area (Å²) < 4.78 is 10.4. The number of aryl methyl sites for hydroxylation is 1. The molecular formula is C21H38IN3O2. The topological polar surface area (TPSA) is 54.9 Å². The second kappa shape index (κ2) is 15.1. The number of hydrogen-bond donors (Lipinski definition) is 2. The van der Waals surface area contributed by atoms with Gasteiger partial charge in [-0.2, -0.15) is 0 Å². The van der Waals surface area contributed by atoms with Crippen LogP contribution in [0, 0.1) is 0 Å². The molecule has 6 heteroatoms. The fourth-order valence-electron chi connectivity index (χ4n) is 2.60. The highest BCUT2D eigenvalue weighted by Gasteiger charge is 2.20. The van der Waals surface area contributed by atoms with Crippen LogP contribution in [0.5, 0.6) is 0 Å². The SMILES string of the molecule is CCc1ccc(C(C)(C)CNC(=NC)NCCCCOCCOC)cc1.I. The molecule has 0 atom stereocenters. The molecule has 0 unspecified atom stereocenters. The summed E-state index contributed by atoms with van der Waals surface area (Å²) >= 11 is 0. The molecule has 0 aliphatic heterocycles. The molecule has 0 saturated carbocycles. The van der Waals surface area contributed by atoms with Crippen molar-refractivity contribution >= 4 is 29.9 Å².